The molecule has 18 heavy (non-hydrogen) atoms. The molecule has 0 amide bonds. The van der Waals surface area contributed by atoms with E-state index in [1.54, 1.807) is 14.2 Å². The van der Waals surface area contributed by atoms with E-state index >= 15 is 0 Å². The second-order valence-electron chi connectivity index (χ2n) is 4.86. The summed E-state index contributed by atoms with van der Waals surface area (Å²) in [4.78, 5) is 0. The Labute approximate surface area is 109 Å². The van der Waals surface area contributed by atoms with Gasteiger partial charge in [-0.3, -0.25) is 0 Å². The molecule has 1 saturated carbocycles. The standard InChI is InChI=1S/C15H23NO2/c1-4-16-10-11-5-7-13(11)14-8-6-12(17-2)9-15(14)18-3/h6,8-9,11,13,16H,4-5,7,10H2,1-3H3. The highest BCUT2D eigenvalue weighted by molar-refractivity contribution is 5.43. The smallest absolute Gasteiger partial charge is 0.126 e. The zero-order chi connectivity index (χ0) is 13.0. The summed E-state index contributed by atoms with van der Waals surface area (Å²) in [5.41, 5.74) is 1.33. The van der Waals surface area contributed by atoms with Crippen LogP contribution in [0.4, 0.5) is 0 Å². The van der Waals surface area contributed by atoms with E-state index in [2.05, 4.69) is 18.3 Å². The Hall–Kier alpha value is -1.22. The molecule has 0 spiro atoms. The summed E-state index contributed by atoms with van der Waals surface area (Å²) in [5.74, 6) is 3.19. The number of benzene rings is 1. The highest BCUT2D eigenvalue weighted by Crippen LogP contribution is 2.46. The van der Waals surface area contributed by atoms with Gasteiger partial charge in [-0.1, -0.05) is 13.0 Å². The minimum atomic E-state index is 0.630. The third-order valence-corrected chi connectivity index (χ3v) is 3.91. The van der Waals surface area contributed by atoms with Crippen LogP contribution in [-0.2, 0) is 0 Å². The van der Waals surface area contributed by atoms with Gasteiger partial charge in [-0.05, 0) is 49.4 Å². The van der Waals surface area contributed by atoms with Crippen LogP contribution in [0, 0.1) is 5.92 Å². The Bertz CT molecular complexity index is 392. The lowest BCUT2D eigenvalue weighted by Gasteiger charge is -2.38. The molecule has 0 aliphatic heterocycles. The highest BCUT2D eigenvalue weighted by atomic mass is 16.5. The molecule has 0 aromatic heterocycles. The third-order valence-electron chi connectivity index (χ3n) is 3.91. The van der Waals surface area contributed by atoms with Crippen LogP contribution in [0.15, 0.2) is 18.2 Å². The molecular weight excluding hydrogens is 226 g/mol. The molecular formula is C15H23NO2. The van der Waals surface area contributed by atoms with Gasteiger partial charge in [0.05, 0.1) is 14.2 Å². The van der Waals surface area contributed by atoms with E-state index in [1.165, 1.54) is 18.4 Å². The number of methoxy groups -OCH3 is 2. The number of nitrogens with one attached hydrogen (secondary N) is 1. The largest absolute Gasteiger partial charge is 0.497 e. The van der Waals surface area contributed by atoms with Crippen LogP contribution in [0.5, 0.6) is 11.5 Å². The second kappa shape index (κ2) is 6.10. The van der Waals surface area contributed by atoms with Crippen LogP contribution in [0.1, 0.15) is 31.2 Å². The average Bonchev–Trinajstić information content (AvgIpc) is 2.38. The normalized spacial score (nSPS) is 22.4. The van der Waals surface area contributed by atoms with Gasteiger partial charge in [0, 0.05) is 6.07 Å². The van der Waals surface area contributed by atoms with Crippen LogP contribution in [0.3, 0.4) is 0 Å². The summed E-state index contributed by atoms with van der Waals surface area (Å²) >= 11 is 0. The molecule has 0 saturated heterocycles. The van der Waals surface area contributed by atoms with E-state index < -0.39 is 0 Å². The average molecular weight is 249 g/mol. The fraction of sp³-hybridized carbons (Fsp3) is 0.600. The van der Waals surface area contributed by atoms with Crippen molar-refractivity contribution in [3.05, 3.63) is 23.8 Å². The minimum absolute atomic E-state index is 0.630. The van der Waals surface area contributed by atoms with Crippen molar-refractivity contribution in [2.45, 2.75) is 25.7 Å². The highest BCUT2D eigenvalue weighted by Gasteiger charge is 2.33. The number of rotatable bonds is 6. The van der Waals surface area contributed by atoms with Crippen molar-refractivity contribution >= 4 is 0 Å². The van der Waals surface area contributed by atoms with E-state index in [-0.39, 0.29) is 0 Å². The first-order valence-corrected chi connectivity index (χ1v) is 6.72. The first-order chi connectivity index (χ1) is 8.80. The zero-order valence-corrected chi connectivity index (χ0v) is 11.5. The topological polar surface area (TPSA) is 30.5 Å². The summed E-state index contributed by atoms with van der Waals surface area (Å²) in [6, 6.07) is 6.17. The molecule has 2 unspecified atom stereocenters. The molecule has 3 heteroatoms. The summed E-state index contributed by atoms with van der Waals surface area (Å²) in [5, 5.41) is 3.44. The van der Waals surface area contributed by atoms with Crippen molar-refractivity contribution in [3.63, 3.8) is 0 Å². The van der Waals surface area contributed by atoms with E-state index in [0.717, 1.165) is 30.5 Å². The predicted octanol–water partition coefficient (Wildman–Crippen LogP) is 2.81. The van der Waals surface area contributed by atoms with Gasteiger partial charge in [-0.25, -0.2) is 0 Å². The zero-order valence-electron chi connectivity index (χ0n) is 11.5. The SMILES string of the molecule is CCNCC1CCC1c1ccc(OC)cc1OC. The Morgan fingerprint density at radius 2 is 2.06 bits per heavy atom. The Balaban J connectivity index is 2.12. The van der Waals surface area contributed by atoms with Crippen molar-refractivity contribution in [2.24, 2.45) is 5.92 Å². The van der Waals surface area contributed by atoms with Gasteiger partial charge in [-0.2, -0.15) is 0 Å². The fourth-order valence-corrected chi connectivity index (χ4v) is 2.68. The lowest BCUT2D eigenvalue weighted by atomic mass is 9.69. The summed E-state index contributed by atoms with van der Waals surface area (Å²) in [6.07, 6.45) is 2.57. The number of ether oxygens (including phenoxy) is 2. The van der Waals surface area contributed by atoms with Gasteiger partial charge in [0.1, 0.15) is 11.5 Å². The number of hydrogen-bond acceptors (Lipinski definition) is 3. The van der Waals surface area contributed by atoms with Crippen molar-refractivity contribution < 1.29 is 9.47 Å². The first-order valence-electron chi connectivity index (χ1n) is 6.72. The molecule has 2 atom stereocenters. The molecule has 1 aliphatic rings. The summed E-state index contributed by atoms with van der Waals surface area (Å²) in [6.45, 7) is 4.31. The molecule has 1 N–H and O–H groups in total. The Kier molecular flexibility index (Phi) is 4.48. The Morgan fingerprint density at radius 1 is 1.22 bits per heavy atom. The third kappa shape index (κ3) is 2.61. The van der Waals surface area contributed by atoms with Crippen molar-refractivity contribution in [1.29, 1.82) is 0 Å². The van der Waals surface area contributed by atoms with E-state index in [1.807, 2.05) is 12.1 Å². The van der Waals surface area contributed by atoms with Crippen LogP contribution in [-0.4, -0.2) is 27.3 Å². The maximum Gasteiger partial charge on any atom is 0.126 e. The van der Waals surface area contributed by atoms with Gasteiger partial charge in [0.15, 0.2) is 0 Å². The van der Waals surface area contributed by atoms with E-state index in [4.69, 9.17) is 9.47 Å². The van der Waals surface area contributed by atoms with Gasteiger partial charge in [0.2, 0.25) is 0 Å². The van der Waals surface area contributed by atoms with Crippen LogP contribution >= 0.6 is 0 Å². The molecule has 1 aromatic rings. The lowest BCUT2D eigenvalue weighted by molar-refractivity contribution is 0.241. The van der Waals surface area contributed by atoms with E-state index in [0.29, 0.717) is 5.92 Å². The molecule has 0 heterocycles. The van der Waals surface area contributed by atoms with Gasteiger partial charge >= 0.3 is 0 Å². The van der Waals surface area contributed by atoms with Crippen molar-refractivity contribution in [2.75, 3.05) is 27.3 Å². The monoisotopic (exact) mass is 249 g/mol. The van der Waals surface area contributed by atoms with Crippen LogP contribution in [0.25, 0.3) is 0 Å². The Morgan fingerprint density at radius 3 is 2.61 bits per heavy atom. The van der Waals surface area contributed by atoms with Gasteiger partial charge in [-0.15, -0.1) is 0 Å². The summed E-state index contributed by atoms with van der Waals surface area (Å²) < 4.78 is 10.7. The van der Waals surface area contributed by atoms with Crippen LogP contribution in [0.2, 0.25) is 0 Å². The summed E-state index contributed by atoms with van der Waals surface area (Å²) in [7, 11) is 3.42. The van der Waals surface area contributed by atoms with Crippen LogP contribution < -0.4 is 14.8 Å². The molecule has 1 fully saturated rings. The molecule has 100 valence electrons. The fourth-order valence-electron chi connectivity index (χ4n) is 2.68. The molecule has 1 aliphatic carbocycles. The van der Waals surface area contributed by atoms with E-state index in [9.17, 15) is 0 Å². The molecule has 0 radical (unpaired) electrons. The maximum atomic E-state index is 5.50. The number of hydrogen-bond donors (Lipinski definition) is 1. The van der Waals surface area contributed by atoms with Crippen molar-refractivity contribution in [1.82, 2.24) is 5.32 Å². The molecule has 2 rings (SSSR count). The van der Waals surface area contributed by atoms with Gasteiger partial charge in [0.25, 0.3) is 0 Å². The lowest BCUT2D eigenvalue weighted by Crippen LogP contribution is -2.33. The quantitative estimate of drug-likeness (QED) is 0.841. The maximum absolute atomic E-state index is 5.50. The molecule has 3 nitrogen and oxygen atoms in total. The van der Waals surface area contributed by atoms with Gasteiger partial charge < -0.3 is 14.8 Å². The molecule has 1 aromatic carbocycles. The molecule has 0 bridgehead atoms. The first kappa shape index (κ1) is 13.2. The van der Waals surface area contributed by atoms with Crippen molar-refractivity contribution in [3.8, 4) is 11.5 Å². The minimum Gasteiger partial charge on any atom is -0.497 e. The predicted molar refractivity (Wildman–Crippen MR) is 73.6 cm³/mol. The second-order valence-corrected chi connectivity index (χ2v) is 4.86.